The normalized spacial score (nSPS) is 14.9. The number of aryl methyl sites for hydroxylation is 1. The quantitative estimate of drug-likeness (QED) is 0.796. The maximum atomic E-state index is 11.6. The molecule has 1 aliphatic rings. The Bertz CT molecular complexity index is 586. The van der Waals surface area contributed by atoms with E-state index in [0.717, 1.165) is 23.9 Å². The fraction of sp³-hybridized carbons (Fsp3) is 0.385. The van der Waals surface area contributed by atoms with E-state index >= 15 is 0 Å². The molecule has 0 radical (unpaired) electrons. The fourth-order valence-corrected chi connectivity index (χ4v) is 2.01. The zero-order chi connectivity index (χ0) is 12.5. The summed E-state index contributed by atoms with van der Waals surface area (Å²) < 4.78 is 1.99. The van der Waals surface area contributed by atoms with Crippen molar-refractivity contribution in [1.29, 1.82) is 0 Å². The van der Waals surface area contributed by atoms with Crippen LogP contribution in [0.2, 0.25) is 0 Å². The molecule has 3 N–H and O–H groups in total. The van der Waals surface area contributed by atoms with E-state index in [1.54, 1.807) is 6.33 Å². The molecule has 1 fully saturated rings. The van der Waals surface area contributed by atoms with Gasteiger partial charge < -0.3 is 15.6 Å². The number of amides is 1. The van der Waals surface area contributed by atoms with Crippen LogP contribution in [0, 0.1) is 0 Å². The molecule has 5 heteroatoms. The second kappa shape index (κ2) is 4.33. The van der Waals surface area contributed by atoms with Crippen molar-refractivity contribution in [1.82, 2.24) is 14.9 Å². The molecule has 94 valence electrons. The third kappa shape index (κ3) is 2.30. The van der Waals surface area contributed by atoms with Crippen LogP contribution in [0.1, 0.15) is 19.3 Å². The second-order valence-electron chi connectivity index (χ2n) is 4.78. The van der Waals surface area contributed by atoms with Crippen LogP contribution in [0.15, 0.2) is 24.5 Å². The molecule has 0 aliphatic heterocycles. The van der Waals surface area contributed by atoms with Gasteiger partial charge in [0.15, 0.2) is 0 Å². The summed E-state index contributed by atoms with van der Waals surface area (Å²) in [5.74, 6) is 0.120. The van der Waals surface area contributed by atoms with E-state index in [1.807, 2.05) is 22.8 Å². The number of rotatable bonds is 4. The molecule has 2 aromatic rings. The summed E-state index contributed by atoms with van der Waals surface area (Å²) >= 11 is 0. The number of aromatic nitrogens is 2. The molecule has 1 saturated carbocycles. The molecule has 3 rings (SSSR count). The first-order chi connectivity index (χ1) is 8.72. The molecule has 0 unspecified atom stereocenters. The van der Waals surface area contributed by atoms with Crippen molar-refractivity contribution >= 4 is 22.6 Å². The molecule has 0 atom stereocenters. The van der Waals surface area contributed by atoms with Crippen molar-refractivity contribution in [2.75, 3.05) is 5.73 Å². The van der Waals surface area contributed by atoms with Crippen molar-refractivity contribution in [2.24, 2.45) is 0 Å². The lowest BCUT2D eigenvalue weighted by Crippen LogP contribution is -2.26. The number of carbonyl (C=O) groups is 1. The first-order valence-corrected chi connectivity index (χ1v) is 6.22. The third-order valence-corrected chi connectivity index (χ3v) is 3.17. The van der Waals surface area contributed by atoms with Crippen LogP contribution >= 0.6 is 0 Å². The van der Waals surface area contributed by atoms with Gasteiger partial charge in [0.1, 0.15) is 0 Å². The van der Waals surface area contributed by atoms with Gasteiger partial charge in [-0.25, -0.2) is 4.98 Å². The van der Waals surface area contributed by atoms with Crippen molar-refractivity contribution in [3.8, 4) is 0 Å². The van der Waals surface area contributed by atoms with E-state index in [0.29, 0.717) is 24.7 Å². The van der Waals surface area contributed by atoms with Crippen molar-refractivity contribution < 1.29 is 4.79 Å². The number of hydrogen-bond donors (Lipinski definition) is 2. The Morgan fingerprint density at radius 1 is 1.50 bits per heavy atom. The first kappa shape index (κ1) is 11.1. The van der Waals surface area contributed by atoms with E-state index in [-0.39, 0.29) is 5.91 Å². The highest BCUT2D eigenvalue weighted by Gasteiger charge is 2.22. The number of carbonyl (C=O) groups excluding carboxylic acids is 1. The van der Waals surface area contributed by atoms with Crippen LogP contribution in [-0.2, 0) is 11.3 Å². The minimum absolute atomic E-state index is 0.120. The van der Waals surface area contributed by atoms with Crippen LogP contribution in [0.25, 0.3) is 11.0 Å². The van der Waals surface area contributed by atoms with Crippen molar-refractivity contribution in [2.45, 2.75) is 31.8 Å². The summed E-state index contributed by atoms with van der Waals surface area (Å²) in [5.41, 5.74) is 8.30. The van der Waals surface area contributed by atoms with Gasteiger partial charge in [-0.05, 0) is 31.0 Å². The summed E-state index contributed by atoms with van der Waals surface area (Å²) in [7, 11) is 0. The number of anilines is 1. The van der Waals surface area contributed by atoms with Crippen LogP contribution in [-0.4, -0.2) is 21.5 Å². The standard InChI is InChI=1S/C13H16N4O/c14-9-1-4-12-11(7-9)15-8-17(12)6-5-13(18)16-10-2-3-10/h1,4,7-8,10H,2-3,5-6,14H2,(H,16,18). The molecule has 5 nitrogen and oxygen atoms in total. The highest BCUT2D eigenvalue weighted by Crippen LogP contribution is 2.19. The predicted octanol–water partition coefficient (Wildman–Crippen LogP) is 1.29. The number of nitrogen functional groups attached to an aromatic ring is 1. The topological polar surface area (TPSA) is 72.9 Å². The molecule has 1 aromatic carbocycles. The van der Waals surface area contributed by atoms with E-state index in [2.05, 4.69) is 10.3 Å². The zero-order valence-corrected chi connectivity index (χ0v) is 10.1. The van der Waals surface area contributed by atoms with Crippen LogP contribution in [0.4, 0.5) is 5.69 Å². The van der Waals surface area contributed by atoms with Gasteiger partial charge in [-0.2, -0.15) is 0 Å². The van der Waals surface area contributed by atoms with Crippen molar-refractivity contribution in [3.63, 3.8) is 0 Å². The SMILES string of the molecule is Nc1ccc2c(c1)ncn2CCC(=O)NC1CC1. The van der Waals surface area contributed by atoms with Gasteiger partial charge in [-0.3, -0.25) is 4.79 Å². The number of benzene rings is 1. The number of nitrogens with zero attached hydrogens (tertiary/aromatic N) is 2. The van der Waals surface area contributed by atoms with Crippen LogP contribution in [0.3, 0.4) is 0 Å². The molecular weight excluding hydrogens is 228 g/mol. The largest absolute Gasteiger partial charge is 0.399 e. The summed E-state index contributed by atoms with van der Waals surface area (Å²) in [6, 6.07) is 6.06. The molecule has 1 aliphatic carbocycles. The average molecular weight is 244 g/mol. The predicted molar refractivity (Wildman–Crippen MR) is 69.9 cm³/mol. The Kier molecular flexibility index (Phi) is 2.66. The summed E-state index contributed by atoms with van der Waals surface area (Å²) in [4.78, 5) is 15.9. The minimum Gasteiger partial charge on any atom is -0.399 e. The molecule has 0 saturated heterocycles. The molecule has 1 aromatic heterocycles. The van der Waals surface area contributed by atoms with E-state index < -0.39 is 0 Å². The Morgan fingerprint density at radius 3 is 3.11 bits per heavy atom. The Morgan fingerprint density at radius 2 is 2.33 bits per heavy atom. The van der Waals surface area contributed by atoms with Crippen LogP contribution < -0.4 is 11.1 Å². The van der Waals surface area contributed by atoms with Crippen molar-refractivity contribution in [3.05, 3.63) is 24.5 Å². The van der Waals surface area contributed by atoms with E-state index in [1.165, 1.54) is 0 Å². The van der Waals surface area contributed by atoms with Gasteiger partial charge >= 0.3 is 0 Å². The maximum absolute atomic E-state index is 11.6. The lowest BCUT2D eigenvalue weighted by molar-refractivity contribution is -0.121. The van der Waals surface area contributed by atoms with Crippen LogP contribution in [0.5, 0.6) is 0 Å². The van der Waals surface area contributed by atoms with E-state index in [4.69, 9.17) is 5.73 Å². The number of nitrogens with two attached hydrogens (primary N) is 1. The Hall–Kier alpha value is -2.04. The van der Waals surface area contributed by atoms with Gasteiger partial charge in [0.05, 0.1) is 17.4 Å². The van der Waals surface area contributed by atoms with Gasteiger partial charge in [-0.15, -0.1) is 0 Å². The monoisotopic (exact) mass is 244 g/mol. The Balaban J connectivity index is 1.68. The second-order valence-corrected chi connectivity index (χ2v) is 4.78. The molecule has 1 amide bonds. The summed E-state index contributed by atoms with van der Waals surface area (Å²) in [6.07, 6.45) is 4.50. The highest BCUT2D eigenvalue weighted by molar-refractivity contribution is 5.80. The molecule has 0 spiro atoms. The lowest BCUT2D eigenvalue weighted by atomic mass is 10.3. The minimum atomic E-state index is 0.120. The number of hydrogen-bond acceptors (Lipinski definition) is 3. The number of fused-ring (bicyclic) bond motifs is 1. The van der Waals surface area contributed by atoms with Gasteiger partial charge in [0.25, 0.3) is 0 Å². The molecule has 1 heterocycles. The summed E-state index contributed by atoms with van der Waals surface area (Å²) in [5, 5.41) is 2.98. The van der Waals surface area contributed by atoms with Gasteiger partial charge in [0.2, 0.25) is 5.91 Å². The first-order valence-electron chi connectivity index (χ1n) is 6.22. The van der Waals surface area contributed by atoms with E-state index in [9.17, 15) is 4.79 Å². The third-order valence-electron chi connectivity index (χ3n) is 3.17. The van der Waals surface area contributed by atoms with Gasteiger partial charge in [-0.1, -0.05) is 0 Å². The number of nitrogens with one attached hydrogen (secondary N) is 1. The molecule has 0 bridgehead atoms. The maximum Gasteiger partial charge on any atom is 0.222 e. The molecular formula is C13H16N4O. The zero-order valence-electron chi connectivity index (χ0n) is 10.1. The summed E-state index contributed by atoms with van der Waals surface area (Å²) in [6.45, 7) is 0.652. The Labute approximate surface area is 105 Å². The van der Waals surface area contributed by atoms with Gasteiger partial charge in [0, 0.05) is 24.7 Å². The highest BCUT2D eigenvalue weighted by atomic mass is 16.1. The smallest absolute Gasteiger partial charge is 0.222 e. The number of imidazole rings is 1. The fourth-order valence-electron chi connectivity index (χ4n) is 2.01. The lowest BCUT2D eigenvalue weighted by Gasteiger charge is -2.05. The molecule has 18 heavy (non-hydrogen) atoms. The average Bonchev–Trinajstić information content (AvgIpc) is 3.06.